The Kier molecular flexibility index (Phi) is 57.8. The molecule has 0 radical (unpaired) electrons. The molecule has 0 spiro atoms. The van der Waals surface area contributed by atoms with Gasteiger partial charge < -0.3 is 131 Å². The normalized spacial score (nSPS) is 19.7. The van der Waals surface area contributed by atoms with Crippen molar-refractivity contribution in [3.63, 3.8) is 0 Å². The van der Waals surface area contributed by atoms with Crippen LogP contribution in [0.3, 0.4) is 0 Å². The molecule has 2 aromatic heterocycles. The highest BCUT2D eigenvalue weighted by Gasteiger charge is 2.43. The molecule has 0 aliphatic carbocycles. The number of fused-ring (bicyclic) bond motifs is 8. The Hall–Kier alpha value is -12.1. The maximum atomic E-state index is 15.6. The molecule has 13 amide bonds. The largest absolute Gasteiger partial charge is 0.480 e. The van der Waals surface area contributed by atoms with E-state index < -0.39 is 257 Å². The molecule has 0 saturated carbocycles. The number of nitrogens with zero attached hydrogens (tertiary/aromatic N) is 4. The van der Waals surface area contributed by atoms with Crippen LogP contribution in [-0.2, 0) is 99.0 Å². The van der Waals surface area contributed by atoms with E-state index in [1.165, 1.54) is 88.1 Å². The van der Waals surface area contributed by atoms with Crippen LogP contribution in [0.15, 0.2) is 72.2 Å². The molecular formula is C103H165N23O24. The first-order valence-corrected chi connectivity index (χ1v) is 53.1. The van der Waals surface area contributed by atoms with Gasteiger partial charge in [0.05, 0.1) is 89.4 Å². The number of rotatable bonds is 64. The molecule has 5 heterocycles. The van der Waals surface area contributed by atoms with Gasteiger partial charge in [0.1, 0.15) is 73.4 Å². The molecule has 15 atom stereocenters. The van der Waals surface area contributed by atoms with Crippen LogP contribution in [0.2, 0.25) is 0 Å². The Balaban J connectivity index is 1.06. The second kappa shape index (κ2) is 69.4. The van der Waals surface area contributed by atoms with Gasteiger partial charge in [-0.2, -0.15) is 0 Å². The van der Waals surface area contributed by atoms with Gasteiger partial charge in [-0.05, 0) is 126 Å². The summed E-state index contributed by atoms with van der Waals surface area (Å²) in [6, 6.07) is -1.58. The number of Topliss-reactive ketones (excluding diaryl/α,β-unsaturated/α-hetero) is 1. The van der Waals surface area contributed by atoms with E-state index in [1.54, 1.807) is 18.3 Å². The van der Waals surface area contributed by atoms with E-state index in [1.807, 2.05) is 50.2 Å². The fourth-order valence-corrected chi connectivity index (χ4v) is 18.5. The molecule has 836 valence electrons. The predicted molar refractivity (Wildman–Crippen MR) is 556 cm³/mol. The Morgan fingerprint density at radius 3 is 1.98 bits per heavy atom. The topological polar surface area (TPSA) is 723 Å². The van der Waals surface area contributed by atoms with E-state index in [-0.39, 0.29) is 141 Å². The van der Waals surface area contributed by atoms with Gasteiger partial charge >= 0.3 is 11.9 Å². The number of hydrogen-bond acceptors (Lipinski definition) is 30. The van der Waals surface area contributed by atoms with Crippen molar-refractivity contribution in [1.82, 2.24) is 99.2 Å². The van der Waals surface area contributed by atoms with Crippen molar-refractivity contribution in [2.24, 2.45) is 28.1 Å². The Morgan fingerprint density at radius 2 is 1.31 bits per heavy atom. The number of para-hydroxylation sites is 1. The average Bonchev–Trinajstić information content (AvgIpc) is 1.14. The van der Waals surface area contributed by atoms with Crippen molar-refractivity contribution in [2.45, 2.75) is 337 Å². The molecule has 47 nitrogen and oxygen atoms in total. The minimum absolute atomic E-state index is 0.00210. The van der Waals surface area contributed by atoms with Gasteiger partial charge in [-0.1, -0.05) is 165 Å². The van der Waals surface area contributed by atoms with Crippen LogP contribution in [0.1, 0.15) is 255 Å². The number of carboxylic acids is 2. The van der Waals surface area contributed by atoms with Crippen LogP contribution in [-0.4, -0.2) is 339 Å². The molecular weight excluding hydrogens is 1940 g/mol. The summed E-state index contributed by atoms with van der Waals surface area (Å²) in [5.41, 5.74) is 21.3. The SMILES string of the molecule is CCCCC(NC(O)C(CCCCNC(=O)CN(CC(=O)O)CC(=O)O)NC(=O)C(Cc1cnc[nH]1)NC(=O)C(CCC(N)=O)NC(=O)C(CO)NC(=O)CNC(=O)COCCOCCNC(O)CCCCCCCCCCCCCCCC(C)C)C(O)NC1CCC(=O)C2CC(N)=NCCC(c3cccc(C)c3)C(NC(=O)CNC(=O)C3CCCN3C1=O)C(=O)NC(Cc1c[nH]c3ccccc13)C(=O)NC(C(N)=O)CCCCN2. The molecule has 15 unspecified atom stereocenters. The number of carbonyl (C=O) groups is 16. The molecule has 3 aliphatic heterocycles. The van der Waals surface area contributed by atoms with Crippen LogP contribution < -0.4 is 91.6 Å². The third-order valence-corrected chi connectivity index (χ3v) is 26.7. The summed E-state index contributed by atoms with van der Waals surface area (Å²) >= 11 is 0. The fourth-order valence-electron chi connectivity index (χ4n) is 18.5. The third-order valence-electron chi connectivity index (χ3n) is 26.7. The lowest BCUT2D eigenvalue weighted by atomic mass is 9.86. The monoisotopic (exact) mass is 2110 g/mol. The lowest BCUT2D eigenvalue weighted by molar-refractivity contribution is -0.143. The quantitative estimate of drug-likeness (QED) is 0.0200. The lowest BCUT2D eigenvalue weighted by Gasteiger charge is -2.35. The number of amidine groups is 1. The van der Waals surface area contributed by atoms with E-state index in [4.69, 9.17) is 31.7 Å². The van der Waals surface area contributed by atoms with E-state index in [2.05, 4.69) is 103 Å². The molecule has 28 N–H and O–H groups in total. The zero-order chi connectivity index (χ0) is 109. The molecule has 2 bridgehead atoms. The molecule has 3 aliphatic rings. The number of carbonyl (C=O) groups excluding carboxylic acids is 14. The number of aliphatic hydroxyl groups is 4. The summed E-state index contributed by atoms with van der Waals surface area (Å²) in [6.07, 6.45) is 16.9. The zero-order valence-corrected chi connectivity index (χ0v) is 87.3. The molecule has 7 rings (SSSR count). The second-order valence-corrected chi connectivity index (χ2v) is 39.5. The summed E-state index contributed by atoms with van der Waals surface area (Å²) in [6.45, 7) is 3.61. The van der Waals surface area contributed by atoms with E-state index in [9.17, 15) is 88.2 Å². The molecule has 1 fully saturated rings. The lowest BCUT2D eigenvalue weighted by Crippen LogP contribution is -2.62. The molecule has 2 aromatic carbocycles. The molecule has 1 saturated heterocycles. The number of imidazole rings is 1. The number of aromatic amines is 2. The first kappa shape index (κ1) is 125. The number of ether oxygens (including phenoxy) is 2. The molecule has 150 heavy (non-hydrogen) atoms. The smallest absolute Gasteiger partial charge is 0.317 e. The minimum atomic E-state index is -1.91. The van der Waals surface area contributed by atoms with Gasteiger partial charge in [0, 0.05) is 99.2 Å². The third kappa shape index (κ3) is 47.6. The van der Waals surface area contributed by atoms with Crippen molar-refractivity contribution >= 4 is 111 Å². The highest BCUT2D eigenvalue weighted by molar-refractivity contribution is 5.99. The standard InChI is InChI=1S/C103H165N23O24/c1-5-6-32-74(96(141)121-77-38-40-83(128)78-54-84(104)109-45-42-71(67-30-26-29-66(4)51-67)93(124-88(132)58-114-101(146)82-36-27-47-126(82)103(77)148)102(147)123-79(52-68-55-112-72-33-21-20-31-70(68)72)98(143)117-73(94(106)139)34-22-24-43-108-78)118-95(140)75(35-23-25-44-110-89(133)59-125(60-91(135)136)61-92(137)138)119-99(144)80(53-69-56-107-64-115-69)122-97(142)76(39-41-85(105)129)120-100(145)81(62-127)116-87(131)57-113-90(134)63-150-50-49-149-48-46-111-86(130)37-19-17-15-13-11-9-7-8-10-12-14-16-18-28-65(2)3/h20-21,26,29-31,33,51,55-56,64-65,71,73-82,86,93,95-96,108,111-112,118,121,127,130,140-141H,5-19,22-25,27-28,32,34-50,52-54,57-63H2,1-4H3,(H2,104,109)(H2,105,129)(H2,106,139)(H,107,115)(H,110,133)(H,113,134)(H,114,146)(H,116,131)(H,117,143)(H,119,144)(H,120,145)(H,122,142)(H,123,147)(H,124,132)(H,135,136)(H,137,138). The number of aliphatic carboxylic acids is 2. The van der Waals surface area contributed by atoms with Crippen LogP contribution in [0, 0.1) is 12.8 Å². The first-order chi connectivity index (χ1) is 72.0. The van der Waals surface area contributed by atoms with Crippen LogP contribution in [0.25, 0.3) is 10.9 Å². The van der Waals surface area contributed by atoms with Crippen molar-refractivity contribution < 1.29 is 117 Å². The number of hydrogen-bond donors (Lipinski definition) is 25. The number of H-pyrrole nitrogens is 2. The number of ketones is 1. The number of aromatic nitrogens is 3. The van der Waals surface area contributed by atoms with Gasteiger partial charge in [-0.25, -0.2) is 4.98 Å². The predicted octanol–water partition coefficient (Wildman–Crippen LogP) is -0.279. The number of amides is 13. The molecule has 4 aromatic rings. The van der Waals surface area contributed by atoms with Crippen LogP contribution in [0.5, 0.6) is 0 Å². The van der Waals surface area contributed by atoms with Crippen LogP contribution in [0.4, 0.5) is 0 Å². The van der Waals surface area contributed by atoms with Gasteiger partial charge in [-0.15, -0.1) is 0 Å². The summed E-state index contributed by atoms with van der Waals surface area (Å²) in [4.78, 5) is 240. The number of nitrogens with one attached hydrogen (secondary N) is 16. The highest BCUT2D eigenvalue weighted by Crippen LogP contribution is 2.29. The van der Waals surface area contributed by atoms with Gasteiger partial charge in [-0.3, -0.25) is 103 Å². The summed E-state index contributed by atoms with van der Waals surface area (Å²) in [5, 5.41) is 104. The second-order valence-electron chi connectivity index (χ2n) is 39.5. The number of aryl methyl sites for hydroxylation is 1. The number of primary amides is 2. The van der Waals surface area contributed by atoms with Gasteiger partial charge in [0.15, 0.2) is 0 Å². The number of nitrogens with two attached hydrogens (primary N) is 3. The highest BCUT2D eigenvalue weighted by atomic mass is 16.5. The zero-order valence-electron chi connectivity index (χ0n) is 87.3. The van der Waals surface area contributed by atoms with Crippen molar-refractivity contribution in [1.29, 1.82) is 0 Å². The van der Waals surface area contributed by atoms with E-state index in [0.717, 1.165) is 46.5 Å². The number of carboxylic acid groups (broad SMARTS) is 2. The number of unbranched alkanes of at least 4 members (excludes halogenated alkanes) is 14. The van der Waals surface area contributed by atoms with Crippen molar-refractivity contribution in [3.05, 3.63) is 89.6 Å². The Bertz CT molecular complexity index is 4900. The van der Waals surface area contributed by atoms with Crippen molar-refractivity contribution in [2.75, 3.05) is 98.5 Å². The van der Waals surface area contributed by atoms with Gasteiger partial charge in [0.25, 0.3) is 0 Å². The molecule has 47 heteroatoms. The maximum Gasteiger partial charge on any atom is 0.317 e. The number of aliphatic imine (C=N–C) groups is 1. The number of aliphatic hydroxyl groups excluding tert-OH is 4. The van der Waals surface area contributed by atoms with Gasteiger partial charge in [0.2, 0.25) is 76.8 Å². The summed E-state index contributed by atoms with van der Waals surface area (Å²) in [5.74, 6) is -15.1. The van der Waals surface area contributed by atoms with Crippen LogP contribution >= 0.6 is 0 Å². The number of benzene rings is 2. The minimum Gasteiger partial charge on any atom is -0.480 e. The summed E-state index contributed by atoms with van der Waals surface area (Å²) < 4.78 is 11.0. The fraction of sp³-hybridized carbons (Fsp3) is 0.670. The first-order valence-electron chi connectivity index (χ1n) is 53.1. The Labute approximate surface area is 876 Å². The summed E-state index contributed by atoms with van der Waals surface area (Å²) in [7, 11) is 0. The van der Waals surface area contributed by atoms with E-state index in [0.29, 0.717) is 36.9 Å². The van der Waals surface area contributed by atoms with Crippen molar-refractivity contribution in [3.8, 4) is 0 Å². The Morgan fingerprint density at radius 1 is 0.633 bits per heavy atom. The average molecular weight is 2110 g/mol. The van der Waals surface area contributed by atoms with E-state index >= 15 is 19.2 Å². The maximum absolute atomic E-state index is 15.6.